The Morgan fingerprint density at radius 1 is 1.19 bits per heavy atom. The summed E-state index contributed by atoms with van der Waals surface area (Å²) in [4.78, 5) is 31.2. The average Bonchev–Trinajstić information content (AvgIpc) is 2.68. The standard InChI is InChI=1S/C19H21ClN4O2/c20-17-3-1-2-15(12-17)6-7-21-19(26)16-4-5-18(22-13-16)24-10-8-23(14-25)9-11-24/h1-5,12-14H,6-11H2,(H,21,26). The van der Waals surface area contributed by atoms with Crippen LogP contribution in [0, 0.1) is 0 Å². The molecule has 3 rings (SSSR count). The number of pyridine rings is 1. The normalized spacial score (nSPS) is 14.2. The molecular formula is C19H21ClN4O2. The number of hydrogen-bond donors (Lipinski definition) is 1. The maximum Gasteiger partial charge on any atom is 0.252 e. The van der Waals surface area contributed by atoms with E-state index < -0.39 is 0 Å². The highest BCUT2D eigenvalue weighted by Crippen LogP contribution is 2.14. The van der Waals surface area contributed by atoms with Gasteiger partial charge in [-0.3, -0.25) is 9.59 Å². The summed E-state index contributed by atoms with van der Waals surface area (Å²) in [7, 11) is 0. The molecule has 2 heterocycles. The number of halogens is 1. The molecule has 1 aromatic carbocycles. The molecular weight excluding hydrogens is 352 g/mol. The summed E-state index contributed by atoms with van der Waals surface area (Å²) in [6.45, 7) is 3.41. The Hall–Kier alpha value is -2.60. The molecule has 0 bridgehead atoms. The van der Waals surface area contributed by atoms with Gasteiger partial charge in [0.15, 0.2) is 0 Å². The van der Waals surface area contributed by atoms with Crippen LogP contribution in [0.5, 0.6) is 0 Å². The van der Waals surface area contributed by atoms with Crippen LogP contribution >= 0.6 is 11.6 Å². The second-order valence-electron chi connectivity index (χ2n) is 6.17. The molecule has 7 heteroatoms. The summed E-state index contributed by atoms with van der Waals surface area (Å²) < 4.78 is 0. The van der Waals surface area contributed by atoms with Crippen LogP contribution in [0.2, 0.25) is 5.02 Å². The number of carbonyl (C=O) groups is 2. The Bertz CT molecular complexity index is 758. The van der Waals surface area contributed by atoms with Gasteiger partial charge in [-0.2, -0.15) is 0 Å². The van der Waals surface area contributed by atoms with Crippen molar-refractivity contribution in [1.82, 2.24) is 15.2 Å². The van der Waals surface area contributed by atoms with Gasteiger partial charge >= 0.3 is 0 Å². The first-order valence-corrected chi connectivity index (χ1v) is 8.96. The fourth-order valence-corrected chi connectivity index (χ4v) is 3.09. The molecule has 26 heavy (non-hydrogen) atoms. The fourth-order valence-electron chi connectivity index (χ4n) is 2.88. The van der Waals surface area contributed by atoms with Crippen molar-refractivity contribution in [3.8, 4) is 0 Å². The minimum atomic E-state index is -0.142. The lowest BCUT2D eigenvalue weighted by atomic mass is 10.1. The van der Waals surface area contributed by atoms with Crippen molar-refractivity contribution in [3.05, 3.63) is 58.7 Å². The summed E-state index contributed by atoms with van der Waals surface area (Å²) in [6.07, 6.45) is 3.19. The SMILES string of the molecule is O=CN1CCN(c2ccc(C(=O)NCCc3cccc(Cl)c3)cn2)CC1. The molecule has 0 aliphatic carbocycles. The Morgan fingerprint density at radius 3 is 2.65 bits per heavy atom. The molecule has 2 amide bonds. The molecule has 1 aliphatic rings. The largest absolute Gasteiger partial charge is 0.353 e. The van der Waals surface area contributed by atoms with Gasteiger partial charge in [-0.1, -0.05) is 23.7 Å². The van der Waals surface area contributed by atoms with E-state index in [0.717, 1.165) is 37.3 Å². The highest BCUT2D eigenvalue weighted by atomic mass is 35.5. The smallest absolute Gasteiger partial charge is 0.252 e. The molecule has 136 valence electrons. The van der Waals surface area contributed by atoms with Crippen molar-refractivity contribution < 1.29 is 9.59 Å². The number of hydrogen-bond acceptors (Lipinski definition) is 4. The van der Waals surface area contributed by atoms with E-state index in [-0.39, 0.29) is 5.91 Å². The van der Waals surface area contributed by atoms with Crippen LogP contribution in [0.3, 0.4) is 0 Å². The average molecular weight is 373 g/mol. The van der Waals surface area contributed by atoms with Gasteiger partial charge in [0.1, 0.15) is 5.82 Å². The maximum atomic E-state index is 12.2. The summed E-state index contributed by atoms with van der Waals surface area (Å²) in [5.74, 6) is 0.683. The van der Waals surface area contributed by atoms with Crippen molar-refractivity contribution in [2.75, 3.05) is 37.6 Å². The Labute approximate surface area is 157 Å². The molecule has 0 atom stereocenters. The van der Waals surface area contributed by atoms with E-state index in [1.54, 1.807) is 17.2 Å². The molecule has 1 fully saturated rings. The van der Waals surface area contributed by atoms with Gasteiger partial charge in [0, 0.05) is 43.9 Å². The van der Waals surface area contributed by atoms with E-state index in [2.05, 4.69) is 15.2 Å². The summed E-state index contributed by atoms with van der Waals surface area (Å²) >= 11 is 5.96. The Kier molecular flexibility index (Phi) is 6.07. The number of nitrogens with zero attached hydrogens (tertiary/aromatic N) is 3. The van der Waals surface area contributed by atoms with Gasteiger partial charge in [0.2, 0.25) is 6.41 Å². The molecule has 2 aromatic rings. The van der Waals surface area contributed by atoms with Crippen molar-refractivity contribution in [3.63, 3.8) is 0 Å². The third kappa shape index (κ3) is 4.73. The van der Waals surface area contributed by atoms with E-state index >= 15 is 0 Å². The predicted octanol–water partition coefficient (Wildman–Crippen LogP) is 1.99. The number of amides is 2. The van der Waals surface area contributed by atoms with E-state index in [9.17, 15) is 9.59 Å². The van der Waals surface area contributed by atoms with Crippen LogP contribution in [-0.4, -0.2) is 54.9 Å². The highest BCUT2D eigenvalue weighted by molar-refractivity contribution is 6.30. The molecule has 0 unspecified atom stereocenters. The molecule has 6 nitrogen and oxygen atoms in total. The number of carbonyl (C=O) groups excluding carboxylic acids is 2. The molecule has 0 saturated carbocycles. The zero-order valence-corrected chi connectivity index (χ0v) is 15.2. The summed E-state index contributed by atoms with van der Waals surface area (Å²) in [5, 5.41) is 3.60. The van der Waals surface area contributed by atoms with Gasteiger partial charge < -0.3 is 15.1 Å². The molecule has 1 aromatic heterocycles. The molecule has 0 spiro atoms. The topological polar surface area (TPSA) is 65.5 Å². The Balaban J connectivity index is 1.50. The zero-order valence-electron chi connectivity index (χ0n) is 14.4. The van der Waals surface area contributed by atoms with Crippen LogP contribution in [0.15, 0.2) is 42.6 Å². The second kappa shape index (κ2) is 8.67. The first-order chi connectivity index (χ1) is 12.7. The maximum absolute atomic E-state index is 12.2. The second-order valence-corrected chi connectivity index (χ2v) is 6.61. The summed E-state index contributed by atoms with van der Waals surface area (Å²) in [5.41, 5.74) is 1.62. The highest BCUT2D eigenvalue weighted by Gasteiger charge is 2.17. The fraction of sp³-hybridized carbons (Fsp3) is 0.316. The minimum Gasteiger partial charge on any atom is -0.353 e. The van der Waals surface area contributed by atoms with E-state index in [1.165, 1.54) is 0 Å². The van der Waals surface area contributed by atoms with E-state index in [4.69, 9.17) is 11.6 Å². The minimum absolute atomic E-state index is 0.142. The van der Waals surface area contributed by atoms with Gasteiger partial charge in [0.05, 0.1) is 5.56 Å². The van der Waals surface area contributed by atoms with Crippen LogP contribution in [-0.2, 0) is 11.2 Å². The lowest BCUT2D eigenvalue weighted by molar-refractivity contribution is -0.118. The molecule has 1 aliphatic heterocycles. The first-order valence-electron chi connectivity index (χ1n) is 8.59. The number of nitrogens with one attached hydrogen (secondary N) is 1. The van der Waals surface area contributed by atoms with Crippen LogP contribution in [0.1, 0.15) is 15.9 Å². The van der Waals surface area contributed by atoms with E-state index in [1.807, 2.05) is 30.3 Å². The van der Waals surface area contributed by atoms with Crippen molar-refractivity contribution in [2.24, 2.45) is 0 Å². The van der Waals surface area contributed by atoms with Crippen LogP contribution in [0.25, 0.3) is 0 Å². The third-order valence-electron chi connectivity index (χ3n) is 4.39. The van der Waals surface area contributed by atoms with Gasteiger partial charge in [-0.25, -0.2) is 4.98 Å². The predicted molar refractivity (Wildman–Crippen MR) is 102 cm³/mol. The lowest BCUT2D eigenvalue weighted by Gasteiger charge is -2.33. The monoisotopic (exact) mass is 372 g/mol. The molecule has 1 saturated heterocycles. The van der Waals surface area contributed by atoms with Crippen LogP contribution in [0.4, 0.5) is 5.82 Å². The van der Waals surface area contributed by atoms with Gasteiger partial charge in [0.25, 0.3) is 5.91 Å². The quantitative estimate of drug-likeness (QED) is 0.787. The Morgan fingerprint density at radius 2 is 2.00 bits per heavy atom. The molecule has 0 radical (unpaired) electrons. The number of anilines is 1. The first kappa shape index (κ1) is 18.2. The van der Waals surface area contributed by atoms with Crippen molar-refractivity contribution in [2.45, 2.75) is 6.42 Å². The number of piperazine rings is 1. The van der Waals surface area contributed by atoms with Crippen molar-refractivity contribution in [1.29, 1.82) is 0 Å². The molecule has 1 N–H and O–H groups in total. The summed E-state index contributed by atoms with van der Waals surface area (Å²) in [6, 6.07) is 11.2. The van der Waals surface area contributed by atoms with Gasteiger partial charge in [-0.05, 0) is 36.2 Å². The lowest BCUT2D eigenvalue weighted by Crippen LogP contribution is -2.46. The number of rotatable bonds is 6. The third-order valence-corrected chi connectivity index (χ3v) is 4.62. The number of benzene rings is 1. The van der Waals surface area contributed by atoms with Crippen LogP contribution < -0.4 is 10.2 Å². The zero-order chi connectivity index (χ0) is 18.4. The van der Waals surface area contributed by atoms with E-state index in [0.29, 0.717) is 30.2 Å². The van der Waals surface area contributed by atoms with Crippen molar-refractivity contribution >= 4 is 29.7 Å². The number of aromatic nitrogens is 1. The van der Waals surface area contributed by atoms with Gasteiger partial charge in [-0.15, -0.1) is 0 Å².